The number of aromatic nitrogens is 1. The van der Waals surface area contributed by atoms with Gasteiger partial charge in [-0.3, -0.25) is 0 Å². The molecule has 0 saturated heterocycles. The Balaban J connectivity index is 1.98. The summed E-state index contributed by atoms with van der Waals surface area (Å²) < 4.78 is 0. The van der Waals surface area contributed by atoms with Gasteiger partial charge in [-0.2, -0.15) is 11.3 Å². The molecule has 0 aromatic carbocycles. The molecule has 0 aliphatic rings. The van der Waals surface area contributed by atoms with Crippen molar-refractivity contribution in [3.63, 3.8) is 0 Å². The summed E-state index contributed by atoms with van der Waals surface area (Å²) in [6.45, 7) is 0.823. The van der Waals surface area contributed by atoms with Crippen LogP contribution in [0.3, 0.4) is 0 Å². The Bertz CT molecular complexity index is 400. The van der Waals surface area contributed by atoms with Crippen LogP contribution in [0.4, 0.5) is 5.69 Å². The molecule has 0 atom stereocenters. The molecule has 0 fully saturated rings. The van der Waals surface area contributed by atoms with Crippen LogP contribution in [0.2, 0.25) is 5.15 Å². The second-order valence-corrected chi connectivity index (χ2v) is 4.02. The van der Waals surface area contributed by atoms with Crippen molar-refractivity contribution < 1.29 is 0 Å². The number of hydrogen-bond acceptors (Lipinski definition) is 3. The van der Waals surface area contributed by atoms with E-state index in [1.54, 1.807) is 17.5 Å². The number of anilines is 1. The van der Waals surface area contributed by atoms with E-state index in [4.69, 9.17) is 11.6 Å². The van der Waals surface area contributed by atoms with E-state index in [-0.39, 0.29) is 0 Å². The molecule has 72 valence electrons. The van der Waals surface area contributed by atoms with Gasteiger partial charge in [0.15, 0.2) is 0 Å². The molecule has 0 amide bonds. The summed E-state index contributed by atoms with van der Waals surface area (Å²) in [7, 11) is 0. The zero-order chi connectivity index (χ0) is 9.80. The molecule has 0 unspecified atom stereocenters. The maximum atomic E-state index is 5.76. The molecule has 14 heavy (non-hydrogen) atoms. The van der Waals surface area contributed by atoms with Gasteiger partial charge < -0.3 is 5.32 Å². The smallest absolute Gasteiger partial charge is 0.131 e. The number of pyridine rings is 1. The fourth-order valence-electron chi connectivity index (χ4n) is 1.11. The second-order valence-electron chi connectivity index (χ2n) is 2.85. The first kappa shape index (κ1) is 9.49. The van der Waals surface area contributed by atoms with E-state index in [9.17, 15) is 0 Å². The lowest BCUT2D eigenvalue weighted by Gasteiger charge is -2.04. The zero-order valence-electron chi connectivity index (χ0n) is 7.40. The summed E-state index contributed by atoms with van der Waals surface area (Å²) in [6.07, 6.45) is 1.69. The van der Waals surface area contributed by atoms with Gasteiger partial charge in [0.05, 0.1) is 0 Å². The average molecular weight is 225 g/mol. The van der Waals surface area contributed by atoms with Crippen LogP contribution in [0.25, 0.3) is 0 Å². The minimum Gasteiger partial charge on any atom is -0.381 e. The molecule has 0 saturated carbocycles. The number of rotatable bonds is 3. The van der Waals surface area contributed by atoms with Crippen molar-refractivity contribution in [2.24, 2.45) is 0 Å². The largest absolute Gasteiger partial charge is 0.381 e. The molecule has 4 heteroatoms. The minimum absolute atomic E-state index is 0.514. The first-order valence-electron chi connectivity index (χ1n) is 4.21. The third-order valence-electron chi connectivity index (χ3n) is 1.80. The van der Waals surface area contributed by atoms with Crippen molar-refractivity contribution in [2.45, 2.75) is 6.54 Å². The van der Waals surface area contributed by atoms with E-state index in [0.29, 0.717) is 5.15 Å². The van der Waals surface area contributed by atoms with Gasteiger partial charge in [-0.05, 0) is 34.5 Å². The Labute approximate surface area is 91.6 Å². The lowest BCUT2D eigenvalue weighted by atomic mass is 10.3. The van der Waals surface area contributed by atoms with Gasteiger partial charge in [0.1, 0.15) is 5.15 Å². The van der Waals surface area contributed by atoms with Gasteiger partial charge in [0.25, 0.3) is 0 Å². The highest BCUT2D eigenvalue weighted by Crippen LogP contribution is 2.14. The van der Waals surface area contributed by atoms with Crippen molar-refractivity contribution in [2.75, 3.05) is 5.32 Å². The monoisotopic (exact) mass is 224 g/mol. The molecule has 2 aromatic rings. The van der Waals surface area contributed by atoms with Gasteiger partial charge in [-0.1, -0.05) is 11.6 Å². The van der Waals surface area contributed by atoms with E-state index < -0.39 is 0 Å². The van der Waals surface area contributed by atoms with E-state index >= 15 is 0 Å². The molecule has 0 bridgehead atoms. The van der Waals surface area contributed by atoms with Crippen molar-refractivity contribution in [3.05, 3.63) is 45.9 Å². The molecule has 2 aromatic heterocycles. The van der Waals surface area contributed by atoms with Crippen LogP contribution < -0.4 is 5.32 Å². The molecular formula is C10H9ClN2S. The molecule has 2 heterocycles. The lowest BCUT2D eigenvalue weighted by molar-refractivity contribution is 1.16. The summed E-state index contributed by atoms with van der Waals surface area (Å²) in [5.41, 5.74) is 2.28. The van der Waals surface area contributed by atoms with Crippen LogP contribution >= 0.6 is 22.9 Å². The van der Waals surface area contributed by atoms with Crippen LogP contribution in [0, 0.1) is 0 Å². The Morgan fingerprint density at radius 2 is 2.36 bits per heavy atom. The molecule has 0 aliphatic carbocycles. The molecule has 1 N–H and O–H groups in total. The summed E-state index contributed by atoms with van der Waals surface area (Å²) in [6, 6.07) is 5.81. The van der Waals surface area contributed by atoms with Crippen LogP contribution in [0.1, 0.15) is 5.56 Å². The molecule has 0 radical (unpaired) electrons. The van der Waals surface area contributed by atoms with Crippen molar-refractivity contribution in [1.82, 2.24) is 4.98 Å². The standard InChI is InChI=1S/C10H9ClN2S/c11-10-5-9(1-3-12-10)13-6-8-2-4-14-7-8/h1-5,7H,6H2,(H,12,13). The summed E-state index contributed by atoms with van der Waals surface area (Å²) in [5.74, 6) is 0. The summed E-state index contributed by atoms with van der Waals surface area (Å²) >= 11 is 7.46. The summed E-state index contributed by atoms with van der Waals surface area (Å²) in [5, 5.41) is 7.97. The van der Waals surface area contributed by atoms with Crippen molar-refractivity contribution in [1.29, 1.82) is 0 Å². The van der Waals surface area contributed by atoms with Gasteiger partial charge in [0.2, 0.25) is 0 Å². The Hall–Kier alpha value is -1.06. The van der Waals surface area contributed by atoms with Gasteiger partial charge >= 0.3 is 0 Å². The first-order chi connectivity index (χ1) is 6.84. The quantitative estimate of drug-likeness (QED) is 0.809. The van der Waals surface area contributed by atoms with Crippen LogP contribution in [0.15, 0.2) is 35.2 Å². The lowest BCUT2D eigenvalue weighted by Crippen LogP contribution is -1.97. The van der Waals surface area contributed by atoms with Gasteiger partial charge in [-0.15, -0.1) is 0 Å². The van der Waals surface area contributed by atoms with Crippen molar-refractivity contribution in [3.8, 4) is 0 Å². The molecule has 0 spiro atoms. The first-order valence-corrected chi connectivity index (χ1v) is 5.53. The third kappa shape index (κ3) is 2.47. The fraction of sp³-hybridized carbons (Fsp3) is 0.100. The maximum absolute atomic E-state index is 5.76. The highest BCUT2D eigenvalue weighted by Gasteiger charge is 1.95. The molecular weight excluding hydrogens is 216 g/mol. The third-order valence-corrected chi connectivity index (χ3v) is 2.74. The molecule has 2 rings (SSSR count). The fourth-order valence-corrected chi connectivity index (χ4v) is 1.95. The average Bonchev–Trinajstić information content (AvgIpc) is 2.67. The van der Waals surface area contributed by atoms with Crippen LogP contribution in [0.5, 0.6) is 0 Å². The van der Waals surface area contributed by atoms with E-state index in [2.05, 4.69) is 27.1 Å². The second kappa shape index (κ2) is 4.44. The zero-order valence-corrected chi connectivity index (χ0v) is 8.98. The summed E-state index contributed by atoms with van der Waals surface area (Å²) in [4.78, 5) is 3.91. The predicted molar refractivity (Wildman–Crippen MR) is 60.9 cm³/mol. The highest BCUT2D eigenvalue weighted by molar-refractivity contribution is 7.07. The van der Waals surface area contributed by atoms with E-state index in [1.807, 2.05) is 12.1 Å². The normalized spacial score (nSPS) is 10.1. The topological polar surface area (TPSA) is 24.9 Å². The molecule has 0 aliphatic heterocycles. The number of nitrogens with zero attached hydrogens (tertiary/aromatic N) is 1. The number of thiophene rings is 1. The number of nitrogens with one attached hydrogen (secondary N) is 1. The number of halogens is 1. The Morgan fingerprint density at radius 1 is 1.43 bits per heavy atom. The Morgan fingerprint density at radius 3 is 3.07 bits per heavy atom. The molecule has 2 nitrogen and oxygen atoms in total. The SMILES string of the molecule is Clc1cc(NCc2ccsc2)ccn1. The van der Waals surface area contributed by atoms with Crippen LogP contribution in [-0.4, -0.2) is 4.98 Å². The van der Waals surface area contributed by atoms with E-state index in [1.165, 1.54) is 5.56 Å². The van der Waals surface area contributed by atoms with Gasteiger partial charge in [0, 0.05) is 18.4 Å². The maximum Gasteiger partial charge on any atom is 0.131 e. The van der Waals surface area contributed by atoms with Crippen LogP contribution in [-0.2, 0) is 6.54 Å². The predicted octanol–water partition coefficient (Wildman–Crippen LogP) is 3.41. The minimum atomic E-state index is 0.514. The Kier molecular flexibility index (Phi) is 3.01. The highest BCUT2D eigenvalue weighted by atomic mass is 35.5. The van der Waals surface area contributed by atoms with Crippen molar-refractivity contribution >= 4 is 28.6 Å². The van der Waals surface area contributed by atoms with Gasteiger partial charge in [-0.25, -0.2) is 4.98 Å². The van der Waals surface area contributed by atoms with E-state index in [0.717, 1.165) is 12.2 Å². The number of hydrogen-bond donors (Lipinski definition) is 1.